The molecule has 3 rings (SSSR count). The quantitative estimate of drug-likeness (QED) is 0.755. The molecule has 0 unspecified atom stereocenters. The Morgan fingerprint density at radius 1 is 1.16 bits per heavy atom. The van der Waals surface area contributed by atoms with Gasteiger partial charge in [0, 0.05) is 16.9 Å². The number of rotatable bonds is 4. The van der Waals surface area contributed by atoms with Crippen molar-refractivity contribution in [2.75, 3.05) is 6.26 Å². The van der Waals surface area contributed by atoms with Gasteiger partial charge in [0.1, 0.15) is 0 Å². The van der Waals surface area contributed by atoms with Crippen LogP contribution in [0.15, 0.2) is 47.8 Å². The fourth-order valence-corrected chi connectivity index (χ4v) is 3.43. The number of benzene rings is 1. The molecule has 0 atom stereocenters. The molecule has 1 N–H and O–H groups in total. The van der Waals surface area contributed by atoms with Crippen LogP contribution in [0.4, 0.5) is 0 Å². The molecular weight excluding hydrogens is 272 g/mol. The molecule has 2 nitrogen and oxygen atoms in total. The van der Waals surface area contributed by atoms with Crippen molar-refractivity contribution in [3.8, 4) is 21.8 Å². The monoisotopic (exact) mass is 286 g/mol. The fourth-order valence-electron chi connectivity index (χ4n) is 2.11. The Morgan fingerprint density at radius 2 is 2.00 bits per heavy atom. The molecule has 0 aliphatic rings. The Labute approximate surface area is 120 Å². The first kappa shape index (κ1) is 12.5. The summed E-state index contributed by atoms with van der Waals surface area (Å²) in [5.41, 5.74) is 4.69. The molecule has 0 saturated carbocycles. The van der Waals surface area contributed by atoms with Crippen molar-refractivity contribution in [2.45, 2.75) is 5.75 Å². The van der Waals surface area contributed by atoms with E-state index in [0.29, 0.717) is 0 Å². The molecule has 2 heterocycles. The lowest BCUT2D eigenvalue weighted by Crippen LogP contribution is -1.86. The van der Waals surface area contributed by atoms with Crippen molar-refractivity contribution in [3.05, 3.63) is 53.4 Å². The van der Waals surface area contributed by atoms with Crippen LogP contribution in [0, 0.1) is 0 Å². The lowest BCUT2D eigenvalue weighted by atomic mass is 10.1. The van der Waals surface area contributed by atoms with Crippen molar-refractivity contribution in [1.82, 2.24) is 10.2 Å². The number of thiophene rings is 1. The molecule has 0 radical (unpaired) electrons. The highest BCUT2D eigenvalue weighted by Gasteiger charge is 2.15. The minimum atomic E-state index is 0.966. The predicted molar refractivity (Wildman–Crippen MR) is 84.6 cm³/mol. The average Bonchev–Trinajstić information content (AvgIpc) is 3.09. The molecule has 0 saturated heterocycles. The van der Waals surface area contributed by atoms with Gasteiger partial charge in [0.15, 0.2) is 0 Å². The van der Waals surface area contributed by atoms with Gasteiger partial charge in [-0.1, -0.05) is 36.4 Å². The van der Waals surface area contributed by atoms with Crippen LogP contribution in [0.1, 0.15) is 5.56 Å². The zero-order chi connectivity index (χ0) is 13.1. The normalized spacial score (nSPS) is 10.8. The molecule has 0 fully saturated rings. The van der Waals surface area contributed by atoms with E-state index < -0.39 is 0 Å². The van der Waals surface area contributed by atoms with E-state index in [1.807, 2.05) is 17.8 Å². The summed E-state index contributed by atoms with van der Waals surface area (Å²) in [6.45, 7) is 0. The first-order valence-corrected chi connectivity index (χ1v) is 8.33. The van der Waals surface area contributed by atoms with Crippen molar-refractivity contribution in [3.63, 3.8) is 0 Å². The first-order chi connectivity index (χ1) is 9.40. The third kappa shape index (κ3) is 2.46. The molecule has 1 aromatic carbocycles. The van der Waals surface area contributed by atoms with E-state index in [2.05, 4.69) is 58.2 Å². The molecule has 3 aromatic rings. The Hall–Kier alpha value is -1.52. The maximum atomic E-state index is 4.53. The molecule has 0 bridgehead atoms. The number of nitrogens with zero attached hydrogens (tertiary/aromatic N) is 1. The fraction of sp³-hybridized carbons (Fsp3) is 0.133. The van der Waals surface area contributed by atoms with Gasteiger partial charge in [-0.15, -0.1) is 11.3 Å². The van der Waals surface area contributed by atoms with E-state index in [0.717, 1.165) is 17.1 Å². The largest absolute Gasteiger partial charge is 0.276 e. The van der Waals surface area contributed by atoms with Gasteiger partial charge >= 0.3 is 0 Å². The van der Waals surface area contributed by atoms with Crippen LogP contribution in [0.2, 0.25) is 0 Å². The minimum Gasteiger partial charge on any atom is -0.276 e. The van der Waals surface area contributed by atoms with Crippen LogP contribution in [-0.4, -0.2) is 16.5 Å². The molecule has 0 amide bonds. The molecule has 96 valence electrons. The maximum Gasteiger partial charge on any atom is 0.0967 e. The second kappa shape index (κ2) is 5.63. The van der Waals surface area contributed by atoms with Gasteiger partial charge in [-0.3, -0.25) is 5.10 Å². The van der Waals surface area contributed by atoms with Gasteiger partial charge in [-0.05, 0) is 17.7 Å². The number of H-pyrrole nitrogens is 1. The average molecular weight is 286 g/mol. The number of aromatic amines is 1. The summed E-state index contributed by atoms with van der Waals surface area (Å²) in [7, 11) is 0. The Morgan fingerprint density at radius 3 is 2.68 bits per heavy atom. The van der Waals surface area contributed by atoms with Crippen LogP contribution in [0.5, 0.6) is 0 Å². The van der Waals surface area contributed by atoms with Crippen LogP contribution in [-0.2, 0) is 5.75 Å². The second-order valence-corrected chi connectivity index (χ2v) is 6.02. The van der Waals surface area contributed by atoms with E-state index in [-0.39, 0.29) is 0 Å². The van der Waals surface area contributed by atoms with Gasteiger partial charge in [-0.2, -0.15) is 16.9 Å². The lowest BCUT2D eigenvalue weighted by Gasteiger charge is -2.03. The zero-order valence-corrected chi connectivity index (χ0v) is 12.2. The van der Waals surface area contributed by atoms with Crippen LogP contribution >= 0.6 is 23.1 Å². The molecule has 19 heavy (non-hydrogen) atoms. The summed E-state index contributed by atoms with van der Waals surface area (Å²) in [5.74, 6) is 0.966. The first-order valence-electron chi connectivity index (χ1n) is 6.05. The maximum absolute atomic E-state index is 4.53. The van der Waals surface area contributed by atoms with E-state index in [9.17, 15) is 0 Å². The molecule has 0 aliphatic carbocycles. The second-order valence-electron chi connectivity index (χ2n) is 4.20. The standard InChI is InChI=1S/C15H14N2S2/c1-18-10-12-14(11-6-3-2-4-7-11)16-17-15(12)13-8-5-9-19-13/h2-9H,10H2,1H3,(H,16,17). The molecule has 2 aromatic heterocycles. The Bertz CT molecular complexity index is 642. The Balaban J connectivity index is 2.11. The van der Waals surface area contributed by atoms with E-state index in [1.54, 1.807) is 11.3 Å². The smallest absolute Gasteiger partial charge is 0.0967 e. The van der Waals surface area contributed by atoms with Crippen molar-refractivity contribution in [1.29, 1.82) is 0 Å². The summed E-state index contributed by atoms with van der Waals surface area (Å²) in [6, 6.07) is 14.6. The molecule has 0 spiro atoms. The van der Waals surface area contributed by atoms with Crippen molar-refractivity contribution >= 4 is 23.1 Å². The summed E-state index contributed by atoms with van der Waals surface area (Å²) >= 11 is 3.57. The highest BCUT2D eigenvalue weighted by Crippen LogP contribution is 2.34. The highest BCUT2D eigenvalue weighted by atomic mass is 32.2. The minimum absolute atomic E-state index is 0.966. The number of aromatic nitrogens is 2. The summed E-state index contributed by atoms with van der Waals surface area (Å²) in [4.78, 5) is 1.25. The predicted octanol–water partition coefficient (Wildman–Crippen LogP) is 4.67. The topological polar surface area (TPSA) is 28.7 Å². The van der Waals surface area contributed by atoms with Crippen LogP contribution < -0.4 is 0 Å². The SMILES string of the molecule is CSCc1c(-c2ccccc2)n[nH]c1-c1cccs1. The third-order valence-corrected chi connectivity index (χ3v) is 4.44. The molecular formula is C15H14N2S2. The Kier molecular flexibility index (Phi) is 3.71. The van der Waals surface area contributed by atoms with Gasteiger partial charge in [0.25, 0.3) is 0 Å². The van der Waals surface area contributed by atoms with E-state index >= 15 is 0 Å². The highest BCUT2D eigenvalue weighted by molar-refractivity contribution is 7.97. The van der Waals surface area contributed by atoms with Crippen LogP contribution in [0.25, 0.3) is 21.8 Å². The van der Waals surface area contributed by atoms with E-state index in [4.69, 9.17) is 0 Å². The molecule has 4 heteroatoms. The van der Waals surface area contributed by atoms with E-state index in [1.165, 1.54) is 16.0 Å². The number of hydrogen-bond acceptors (Lipinski definition) is 3. The van der Waals surface area contributed by atoms with Gasteiger partial charge in [0.2, 0.25) is 0 Å². The lowest BCUT2D eigenvalue weighted by molar-refractivity contribution is 1.10. The molecule has 0 aliphatic heterocycles. The van der Waals surface area contributed by atoms with Crippen LogP contribution in [0.3, 0.4) is 0 Å². The van der Waals surface area contributed by atoms with Gasteiger partial charge in [0.05, 0.1) is 16.3 Å². The zero-order valence-electron chi connectivity index (χ0n) is 10.6. The summed E-state index contributed by atoms with van der Waals surface area (Å²) < 4.78 is 0. The number of nitrogens with one attached hydrogen (secondary N) is 1. The third-order valence-electron chi connectivity index (χ3n) is 2.97. The summed E-state index contributed by atoms with van der Waals surface area (Å²) in [6.07, 6.45) is 2.12. The summed E-state index contributed by atoms with van der Waals surface area (Å²) in [5, 5.41) is 9.83. The number of thioether (sulfide) groups is 1. The van der Waals surface area contributed by atoms with Crippen molar-refractivity contribution < 1.29 is 0 Å². The number of hydrogen-bond donors (Lipinski definition) is 1. The van der Waals surface area contributed by atoms with Gasteiger partial charge in [-0.25, -0.2) is 0 Å². The van der Waals surface area contributed by atoms with Gasteiger partial charge < -0.3 is 0 Å². The van der Waals surface area contributed by atoms with Crippen molar-refractivity contribution in [2.24, 2.45) is 0 Å².